The van der Waals surface area contributed by atoms with Crippen molar-refractivity contribution >= 4 is 0 Å². The number of benzene rings is 3. The Morgan fingerprint density at radius 1 is 0.509 bits per heavy atom. The molecule has 286 valence electrons. The molecule has 0 fully saturated rings. The van der Waals surface area contributed by atoms with Gasteiger partial charge in [-0.05, 0) is 145 Å². The standard InChI is InChI=1S/C18H22N.2C17H22N/c1-13-8-9-17(14(2)10-13)18-11-15-6-4-5-7-16(15)12-19(18)3;2*1-6-15-11-18(5)17(10-13(15)3)16-8-7-12(2)9-14(16)4/h8-12H,4-7H2,1-3H3;2*7-11H,6H2,1-5H3/q3*+1/i1D3,6D2,7D2;6D2;. The van der Waals surface area contributed by atoms with Crippen molar-refractivity contribution in [3.63, 3.8) is 0 Å². The fourth-order valence-corrected chi connectivity index (χ4v) is 7.47. The molecule has 1 aliphatic carbocycles. The summed E-state index contributed by atoms with van der Waals surface area (Å²) in [5.74, 6) is 0. The average molecular weight is 742 g/mol. The van der Waals surface area contributed by atoms with Gasteiger partial charge in [-0.2, -0.15) is 0 Å². The van der Waals surface area contributed by atoms with Crippen LogP contribution in [0.15, 0.2) is 91.4 Å². The lowest BCUT2D eigenvalue weighted by molar-refractivity contribution is -0.661. The van der Waals surface area contributed by atoms with E-state index in [1.807, 2.05) is 31.7 Å². The first-order valence-corrected chi connectivity index (χ1v) is 19.4. The summed E-state index contributed by atoms with van der Waals surface area (Å²) in [6.45, 7) is 16.2. The van der Waals surface area contributed by atoms with Crippen molar-refractivity contribution < 1.29 is 26.0 Å². The smallest absolute Gasteiger partial charge is 0.201 e. The number of aromatic nitrogens is 3. The molecule has 55 heavy (non-hydrogen) atoms. The largest absolute Gasteiger partial charge is 0.212 e. The van der Waals surface area contributed by atoms with Crippen molar-refractivity contribution in [2.24, 2.45) is 21.1 Å². The van der Waals surface area contributed by atoms with Crippen LogP contribution in [0.1, 0.15) is 106 Å². The number of hydrogen-bond donors (Lipinski definition) is 0. The molecule has 0 N–H and O–H groups in total. The highest BCUT2D eigenvalue weighted by atomic mass is 14.9. The molecule has 0 amide bonds. The number of fused-ring (bicyclic) bond motifs is 1. The molecule has 3 aromatic heterocycles. The van der Waals surface area contributed by atoms with Gasteiger partial charge in [0.1, 0.15) is 21.1 Å². The van der Waals surface area contributed by atoms with Gasteiger partial charge in [-0.1, -0.05) is 66.9 Å². The van der Waals surface area contributed by atoms with Gasteiger partial charge in [-0.15, -0.1) is 0 Å². The van der Waals surface area contributed by atoms with Crippen molar-refractivity contribution in [3.8, 4) is 33.8 Å². The molecule has 0 saturated carbocycles. The monoisotopic (exact) mass is 742 g/mol. The number of aryl methyl sites for hydroxylation is 15. The maximum absolute atomic E-state index is 8.30. The van der Waals surface area contributed by atoms with E-state index in [1.165, 1.54) is 50.2 Å². The Kier molecular flexibility index (Phi) is 10.0. The zero-order chi connectivity index (χ0) is 47.9. The van der Waals surface area contributed by atoms with Crippen molar-refractivity contribution in [2.75, 3.05) is 0 Å². The fourth-order valence-electron chi connectivity index (χ4n) is 7.47. The first-order chi connectivity index (χ1) is 29.5. The van der Waals surface area contributed by atoms with E-state index in [2.05, 4.69) is 108 Å². The van der Waals surface area contributed by atoms with Gasteiger partial charge >= 0.3 is 0 Å². The summed E-state index contributed by atoms with van der Waals surface area (Å²) in [5, 5.41) is 0. The molecule has 7 rings (SSSR count). The summed E-state index contributed by atoms with van der Waals surface area (Å²) in [7, 11) is 5.91. The summed E-state index contributed by atoms with van der Waals surface area (Å²) in [5.41, 5.74) is 18.0. The zero-order valence-electron chi connectivity index (χ0n) is 44.1. The summed E-state index contributed by atoms with van der Waals surface area (Å²) in [6, 6.07) is 24.1. The highest BCUT2D eigenvalue weighted by Crippen LogP contribution is 2.27. The molecule has 0 radical (unpaired) electrons. The molecular formula is C52H66N3+3. The second kappa shape index (κ2) is 18.2. The van der Waals surface area contributed by atoms with E-state index in [-0.39, 0.29) is 18.4 Å². The highest BCUT2D eigenvalue weighted by Gasteiger charge is 2.20. The first kappa shape index (κ1) is 30.3. The number of hydrogen-bond acceptors (Lipinski definition) is 0. The van der Waals surface area contributed by atoms with Crippen LogP contribution in [0, 0.1) is 55.3 Å². The molecule has 3 nitrogen and oxygen atoms in total. The summed E-state index contributed by atoms with van der Waals surface area (Å²) in [4.78, 5) is 0. The van der Waals surface area contributed by atoms with E-state index in [4.69, 9.17) is 12.3 Å². The van der Waals surface area contributed by atoms with E-state index in [0.717, 1.165) is 40.1 Å². The number of nitrogens with zero attached hydrogens (tertiary/aromatic N) is 3. The predicted octanol–water partition coefficient (Wildman–Crippen LogP) is 11.0. The molecule has 3 aromatic carbocycles. The third kappa shape index (κ3) is 9.87. The molecule has 6 aromatic rings. The van der Waals surface area contributed by atoms with Gasteiger partial charge in [0.15, 0.2) is 18.6 Å². The lowest BCUT2D eigenvalue weighted by atomic mass is 9.91. The summed E-state index contributed by atoms with van der Waals surface area (Å²) < 4.78 is 77.5. The van der Waals surface area contributed by atoms with Gasteiger partial charge in [-0.25, -0.2) is 13.7 Å². The molecule has 3 heterocycles. The minimum Gasteiger partial charge on any atom is -0.201 e. The van der Waals surface area contributed by atoms with Crippen LogP contribution >= 0.6 is 0 Å². The van der Waals surface area contributed by atoms with Gasteiger partial charge in [0.2, 0.25) is 17.1 Å². The van der Waals surface area contributed by atoms with E-state index in [0.29, 0.717) is 11.1 Å². The molecule has 0 saturated heterocycles. The fraction of sp³-hybridized carbons (Fsp3) is 0.365. The molecule has 0 unspecified atom stereocenters. The number of pyridine rings is 3. The third-order valence-corrected chi connectivity index (χ3v) is 10.6. The molecule has 0 spiro atoms. The van der Waals surface area contributed by atoms with Crippen LogP contribution < -0.4 is 13.7 Å². The second-order valence-electron chi connectivity index (χ2n) is 15.1. The van der Waals surface area contributed by atoms with Crippen molar-refractivity contribution in [2.45, 2.75) is 108 Å². The Morgan fingerprint density at radius 3 is 1.40 bits per heavy atom. The Hall–Kier alpha value is -4.89. The van der Waals surface area contributed by atoms with Crippen molar-refractivity contribution in [1.29, 1.82) is 0 Å². The Morgan fingerprint density at radius 2 is 0.927 bits per heavy atom. The second-order valence-corrected chi connectivity index (χ2v) is 15.1. The van der Waals surface area contributed by atoms with E-state index in [9.17, 15) is 0 Å². The van der Waals surface area contributed by atoms with Gasteiger partial charge in [-0.3, -0.25) is 0 Å². The molecular weight excluding hydrogens is 667 g/mol. The van der Waals surface area contributed by atoms with Gasteiger partial charge in [0.05, 0.1) is 0 Å². The van der Waals surface area contributed by atoms with Crippen LogP contribution in [0.2, 0.25) is 0 Å². The summed E-state index contributed by atoms with van der Waals surface area (Å²) in [6.07, 6.45) is 2.74. The van der Waals surface area contributed by atoms with E-state index < -0.39 is 26.0 Å². The van der Waals surface area contributed by atoms with Crippen LogP contribution in [-0.4, -0.2) is 0 Å². The highest BCUT2D eigenvalue weighted by molar-refractivity contribution is 5.64. The Balaban J connectivity index is 0.000000184. The summed E-state index contributed by atoms with van der Waals surface area (Å²) >= 11 is 0. The average Bonchev–Trinajstić information content (AvgIpc) is 3.18. The molecule has 3 heteroatoms. The molecule has 0 aliphatic heterocycles. The minimum absolute atomic E-state index is 0.136. The van der Waals surface area contributed by atoms with Gasteiger partial charge < -0.3 is 0 Å². The van der Waals surface area contributed by atoms with Crippen LogP contribution in [0.3, 0.4) is 0 Å². The maximum Gasteiger partial charge on any atom is 0.212 e. The lowest BCUT2D eigenvalue weighted by Crippen LogP contribution is -2.32. The van der Waals surface area contributed by atoms with E-state index in [1.54, 1.807) is 49.0 Å². The van der Waals surface area contributed by atoms with E-state index >= 15 is 0 Å². The van der Waals surface area contributed by atoms with Gasteiger partial charge in [0.25, 0.3) is 0 Å². The minimum atomic E-state index is -2.17. The van der Waals surface area contributed by atoms with Crippen molar-refractivity contribution in [3.05, 3.63) is 158 Å². The Labute approximate surface area is 346 Å². The quantitative estimate of drug-likeness (QED) is 0.156. The lowest BCUT2D eigenvalue weighted by Gasteiger charge is -2.15. The van der Waals surface area contributed by atoms with Crippen LogP contribution in [0.25, 0.3) is 33.8 Å². The molecule has 0 bridgehead atoms. The Bertz CT molecular complexity index is 2690. The number of rotatable bonds is 5. The topological polar surface area (TPSA) is 11.6 Å². The normalized spacial score (nSPS) is 16.7. The zero-order valence-corrected chi connectivity index (χ0v) is 35.1. The van der Waals surface area contributed by atoms with Crippen LogP contribution in [0.5, 0.6) is 0 Å². The van der Waals surface area contributed by atoms with Gasteiger partial charge in [0, 0.05) is 63.9 Å². The predicted molar refractivity (Wildman–Crippen MR) is 232 cm³/mol. The molecule has 0 atom stereocenters. The maximum atomic E-state index is 8.30. The third-order valence-electron chi connectivity index (χ3n) is 10.6. The molecule has 1 aliphatic rings. The van der Waals surface area contributed by atoms with Crippen LogP contribution in [-0.2, 0) is 46.7 Å². The first-order valence-electron chi connectivity index (χ1n) is 23.9. The van der Waals surface area contributed by atoms with Crippen LogP contribution in [0.4, 0.5) is 0 Å². The SMILES string of the molecule is CCc1c[n+](C)c(-c2ccc(C)cc2C)cc1C.[2H]C([2H])(C)c1c[n+](C)c(-c2ccc(C)cc2C)cc1C.[2H]C([2H])([2H])c1ccc(-c2cc3c(c[n+]2C)C([2H])([2H])CCC3([2H])[2H])c(C)c1. The van der Waals surface area contributed by atoms with Crippen molar-refractivity contribution in [1.82, 2.24) is 0 Å².